The Balaban J connectivity index is 0.00000484. The van der Waals surface area contributed by atoms with E-state index in [9.17, 15) is 9.59 Å². The molecule has 1 unspecified atom stereocenters. The first-order chi connectivity index (χ1) is 10.4. The zero-order valence-electron chi connectivity index (χ0n) is 13.6. The van der Waals surface area contributed by atoms with E-state index in [1.54, 1.807) is 25.1 Å². The Morgan fingerprint density at radius 3 is 2.26 bits per heavy atom. The van der Waals surface area contributed by atoms with Gasteiger partial charge in [-0.05, 0) is 24.6 Å². The normalized spacial score (nSPS) is 12.4. The fourth-order valence-electron chi connectivity index (χ4n) is 1.87. The number of esters is 1. The molecular weight excluding hydrogens is 324 g/mol. The number of nitrogens with one attached hydrogen (secondary N) is 1. The van der Waals surface area contributed by atoms with Crippen molar-refractivity contribution in [2.45, 2.75) is 25.4 Å². The van der Waals surface area contributed by atoms with Gasteiger partial charge in [0.25, 0.3) is 0 Å². The van der Waals surface area contributed by atoms with Crippen molar-refractivity contribution in [1.82, 2.24) is 5.32 Å². The molecule has 0 aliphatic carbocycles. The van der Waals surface area contributed by atoms with Crippen LogP contribution in [0.15, 0.2) is 18.2 Å². The molecule has 2 atom stereocenters. The molecule has 0 saturated carbocycles. The van der Waals surface area contributed by atoms with Crippen LogP contribution in [0, 0.1) is 0 Å². The van der Waals surface area contributed by atoms with Crippen LogP contribution in [0.3, 0.4) is 0 Å². The zero-order chi connectivity index (χ0) is 16.7. The zero-order valence-corrected chi connectivity index (χ0v) is 14.4. The monoisotopic (exact) mass is 346 g/mol. The van der Waals surface area contributed by atoms with Crippen LogP contribution in [-0.2, 0) is 14.3 Å². The fourth-order valence-corrected chi connectivity index (χ4v) is 1.87. The van der Waals surface area contributed by atoms with Gasteiger partial charge in [0, 0.05) is 0 Å². The Kier molecular flexibility index (Phi) is 9.05. The summed E-state index contributed by atoms with van der Waals surface area (Å²) in [6, 6.07) is 3.91. The summed E-state index contributed by atoms with van der Waals surface area (Å²) in [5.41, 5.74) is 6.25. The molecule has 0 bridgehead atoms. The minimum absolute atomic E-state index is 0. The molecule has 3 N–H and O–H groups in total. The van der Waals surface area contributed by atoms with Gasteiger partial charge in [0.15, 0.2) is 11.5 Å². The van der Waals surface area contributed by atoms with E-state index in [4.69, 9.17) is 15.2 Å². The molecule has 0 spiro atoms. The number of rotatable bonds is 7. The maximum absolute atomic E-state index is 11.8. The molecule has 1 aromatic carbocycles. The highest BCUT2D eigenvalue weighted by atomic mass is 35.5. The van der Waals surface area contributed by atoms with E-state index >= 15 is 0 Å². The summed E-state index contributed by atoms with van der Waals surface area (Å²) in [7, 11) is 4.33. The van der Waals surface area contributed by atoms with E-state index in [1.807, 2.05) is 0 Å². The lowest BCUT2D eigenvalue weighted by Gasteiger charge is -2.20. The van der Waals surface area contributed by atoms with E-state index in [0.29, 0.717) is 17.1 Å². The van der Waals surface area contributed by atoms with Crippen molar-refractivity contribution in [3.63, 3.8) is 0 Å². The summed E-state index contributed by atoms with van der Waals surface area (Å²) in [4.78, 5) is 23.4. The van der Waals surface area contributed by atoms with Crippen molar-refractivity contribution in [3.8, 4) is 11.5 Å². The summed E-state index contributed by atoms with van der Waals surface area (Å²) < 4.78 is 15.1. The molecule has 0 fully saturated rings. The first-order valence-electron chi connectivity index (χ1n) is 6.77. The van der Waals surface area contributed by atoms with E-state index in [-0.39, 0.29) is 24.7 Å². The van der Waals surface area contributed by atoms with E-state index < -0.39 is 18.1 Å². The number of carbonyl (C=O) groups is 2. The Morgan fingerprint density at radius 1 is 1.17 bits per heavy atom. The Morgan fingerprint density at radius 2 is 1.78 bits per heavy atom. The summed E-state index contributed by atoms with van der Waals surface area (Å²) in [6.07, 6.45) is -0.00948. The molecule has 1 rings (SSSR count). The first kappa shape index (κ1) is 21.0. The lowest BCUT2D eigenvalue weighted by Crippen LogP contribution is -2.41. The largest absolute Gasteiger partial charge is 0.493 e. The fraction of sp³-hybridized carbons (Fsp3) is 0.467. The van der Waals surface area contributed by atoms with Gasteiger partial charge in [-0.3, -0.25) is 9.59 Å². The highest BCUT2D eigenvalue weighted by Crippen LogP contribution is 2.31. The molecule has 0 aliphatic rings. The Labute approximate surface area is 141 Å². The predicted molar refractivity (Wildman–Crippen MR) is 88.0 cm³/mol. The first-order valence-corrected chi connectivity index (χ1v) is 6.77. The quantitative estimate of drug-likeness (QED) is 0.719. The van der Waals surface area contributed by atoms with Crippen LogP contribution in [0.25, 0.3) is 0 Å². The number of halogens is 1. The van der Waals surface area contributed by atoms with Crippen LogP contribution in [-0.4, -0.2) is 39.2 Å². The van der Waals surface area contributed by atoms with Crippen molar-refractivity contribution in [3.05, 3.63) is 23.8 Å². The summed E-state index contributed by atoms with van der Waals surface area (Å²) in [5, 5.41) is 2.73. The van der Waals surface area contributed by atoms with Crippen molar-refractivity contribution in [2.24, 2.45) is 5.73 Å². The van der Waals surface area contributed by atoms with Gasteiger partial charge in [0.05, 0.1) is 39.8 Å². The number of nitrogens with two attached hydrogens (primary N) is 1. The van der Waals surface area contributed by atoms with Crippen LogP contribution < -0.4 is 20.5 Å². The smallest absolute Gasteiger partial charge is 0.307 e. The van der Waals surface area contributed by atoms with Gasteiger partial charge in [-0.15, -0.1) is 12.4 Å². The number of hydrogen-bond donors (Lipinski definition) is 2. The molecule has 1 aromatic rings. The highest BCUT2D eigenvalue weighted by Gasteiger charge is 2.21. The molecular formula is C15H23ClN2O5. The number of methoxy groups -OCH3 is 3. The highest BCUT2D eigenvalue weighted by molar-refractivity contribution is 5.85. The standard InChI is InChI=1S/C15H22N2O5.ClH/c1-9(16)15(19)17-11(8-14(18)22-4)10-5-6-12(20-2)13(7-10)21-3;/h5-7,9,11H,8,16H2,1-4H3,(H,17,19);1H/t9-,11?;/m1./s1. The molecule has 1 amide bonds. The number of amides is 1. The van der Waals surface area contributed by atoms with Crippen molar-refractivity contribution < 1.29 is 23.8 Å². The maximum atomic E-state index is 11.8. The topological polar surface area (TPSA) is 99.9 Å². The Hall–Kier alpha value is -1.99. The number of carbonyl (C=O) groups excluding carboxylic acids is 2. The molecule has 0 aromatic heterocycles. The van der Waals surface area contributed by atoms with Crippen LogP contribution >= 0.6 is 12.4 Å². The molecule has 0 heterocycles. The minimum Gasteiger partial charge on any atom is -0.493 e. The SMILES string of the molecule is COC(=O)CC(NC(=O)[C@@H](C)N)c1ccc(OC)c(OC)c1.Cl. The molecule has 0 saturated heterocycles. The van der Waals surface area contributed by atoms with Gasteiger partial charge < -0.3 is 25.3 Å². The number of ether oxygens (including phenoxy) is 3. The molecule has 23 heavy (non-hydrogen) atoms. The second-order valence-corrected chi connectivity index (χ2v) is 4.74. The van der Waals surface area contributed by atoms with E-state index in [0.717, 1.165) is 0 Å². The summed E-state index contributed by atoms with van der Waals surface area (Å²) >= 11 is 0. The summed E-state index contributed by atoms with van der Waals surface area (Å²) in [5.74, 6) is 0.264. The molecule has 130 valence electrons. The lowest BCUT2D eigenvalue weighted by atomic mass is 10.0. The molecule has 8 heteroatoms. The maximum Gasteiger partial charge on any atom is 0.307 e. The summed E-state index contributed by atoms with van der Waals surface area (Å²) in [6.45, 7) is 1.57. The van der Waals surface area contributed by atoms with Crippen LogP contribution in [0.1, 0.15) is 24.9 Å². The van der Waals surface area contributed by atoms with Crippen LogP contribution in [0.5, 0.6) is 11.5 Å². The van der Waals surface area contributed by atoms with E-state index in [1.165, 1.54) is 21.3 Å². The van der Waals surface area contributed by atoms with Gasteiger partial charge in [-0.2, -0.15) is 0 Å². The van der Waals surface area contributed by atoms with Gasteiger partial charge in [0.1, 0.15) is 0 Å². The minimum atomic E-state index is -0.680. The van der Waals surface area contributed by atoms with E-state index in [2.05, 4.69) is 10.1 Å². The number of benzene rings is 1. The van der Waals surface area contributed by atoms with Gasteiger partial charge >= 0.3 is 5.97 Å². The third-order valence-corrected chi connectivity index (χ3v) is 3.14. The lowest BCUT2D eigenvalue weighted by molar-refractivity contribution is -0.141. The second kappa shape index (κ2) is 9.91. The molecule has 0 aliphatic heterocycles. The van der Waals surface area contributed by atoms with Gasteiger partial charge in [-0.25, -0.2) is 0 Å². The van der Waals surface area contributed by atoms with Crippen LogP contribution in [0.4, 0.5) is 0 Å². The van der Waals surface area contributed by atoms with Gasteiger partial charge in [0.2, 0.25) is 5.91 Å². The molecule has 0 radical (unpaired) electrons. The third-order valence-electron chi connectivity index (χ3n) is 3.14. The third kappa shape index (κ3) is 5.96. The molecule has 7 nitrogen and oxygen atoms in total. The van der Waals surface area contributed by atoms with Crippen molar-refractivity contribution in [2.75, 3.05) is 21.3 Å². The van der Waals surface area contributed by atoms with Crippen molar-refractivity contribution in [1.29, 1.82) is 0 Å². The predicted octanol–water partition coefficient (Wildman–Crippen LogP) is 1.19. The second-order valence-electron chi connectivity index (χ2n) is 4.74. The number of hydrogen-bond acceptors (Lipinski definition) is 6. The van der Waals surface area contributed by atoms with Crippen molar-refractivity contribution >= 4 is 24.3 Å². The average molecular weight is 347 g/mol. The Bertz CT molecular complexity index is 537. The average Bonchev–Trinajstić information content (AvgIpc) is 2.52. The van der Waals surface area contributed by atoms with Crippen LogP contribution in [0.2, 0.25) is 0 Å². The van der Waals surface area contributed by atoms with Gasteiger partial charge in [-0.1, -0.05) is 6.07 Å².